The maximum Gasteiger partial charge on any atom is 0.311 e. The lowest BCUT2D eigenvalue weighted by molar-refractivity contribution is -0.384. The number of anilines is 1. The average Bonchev–Trinajstić information content (AvgIpc) is 2.49. The SMILES string of the molecule is CCc1ccc(C(C)Nc2ncc(C)cc2[N+](=O)[O-])cc1. The van der Waals surface area contributed by atoms with Crippen molar-refractivity contribution >= 4 is 11.5 Å². The second kappa shape index (κ2) is 6.35. The molecular weight excluding hydrogens is 266 g/mol. The third-order valence-corrected chi connectivity index (χ3v) is 3.44. The van der Waals surface area contributed by atoms with Crippen LogP contribution in [-0.2, 0) is 6.42 Å². The van der Waals surface area contributed by atoms with Crippen molar-refractivity contribution in [2.24, 2.45) is 0 Å². The number of benzene rings is 1. The van der Waals surface area contributed by atoms with Crippen molar-refractivity contribution in [1.82, 2.24) is 4.98 Å². The molecule has 2 aromatic rings. The Morgan fingerprint density at radius 2 is 2.00 bits per heavy atom. The largest absolute Gasteiger partial charge is 0.358 e. The highest BCUT2D eigenvalue weighted by molar-refractivity contribution is 5.57. The Labute approximate surface area is 124 Å². The zero-order valence-electron chi connectivity index (χ0n) is 12.5. The van der Waals surface area contributed by atoms with E-state index < -0.39 is 4.92 Å². The lowest BCUT2D eigenvalue weighted by Crippen LogP contribution is -2.10. The quantitative estimate of drug-likeness (QED) is 0.665. The predicted molar refractivity (Wildman–Crippen MR) is 83.5 cm³/mol. The Hall–Kier alpha value is -2.43. The van der Waals surface area contributed by atoms with Crippen molar-refractivity contribution in [3.05, 3.63) is 63.3 Å². The smallest absolute Gasteiger partial charge is 0.311 e. The van der Waals surface area contributed by atoms with Gasteiger partial charge in [0.05, 0.1) is 11.0 Å². The number of nitrogens with one attached hydrogen (secondary N) is 1. The highest BCUT2D eigenvalue weighted by atomic mass is 16.6. The van der Waals surface area contributed by atoms with Crippen molar-refractivity contribution < 1.29 is 4.92 Å². The molecule has 0 aliphatic rings. The van der Waals surface area contributed by atoms with Crippen LogP contribution in [0, 0.1) is 17.0 Å². The number of nitrogens with zero attached hydrogens (tertiary/aromatic N) is 2. The summed E-state index contributed by atoms with van der Waals surface area (Å²) in [5.41, 5.74) is 3.12. The number of aryl methyl sites for hydroxylation is 2. The number of nitro groups is 1. The molecule has 0 bridgehead atoms. The van der Waals surface area contributed by atoms with Gasteiger partial charge in [-0.1, -0.05) is 31.2 Å². The van der Waals surface area contributed by atoms with Gasteiger partial charge in [0.1, 0.15) is 0 Å². The average molecular weight is 285 g/mol. The predicted octanol–water partition coefficient (Wildman–Crippen LogP) is 4.03. The Morgan fingerprint density at radius 3 is 2.57 bits per heavy atom. The lowest BCUT2D eigenvalue weighted by atomic mass is 10.0. The molecule has 0 aliphatic carbocycles. The van der Waals surface area contributed by atoms with Gasteiger partial charge in [0.15, 0.2) is 0 Å². The molecule has 5 nitrogen and oxygen atoms in total. The van der Waals surface area contributed by atoms with E-state index in [-0.39, 0.29) is 11.7 Å². The van der Waals surface area contributed by atoms with E-state index in [1.54, 1.807) is 13.1 Å². The summed E-state index contributed by atoms with van der Waals surface area (Å²) in [6.07, 6.45) is 2.62. The van der Waals surface area contributed by atoms with Crippen LogP contribution in [0.5, 0.6) is 0 Å². The standard InChI is InChI=1S/C16H19N3O2/c1-4-13-5-7-14(8-6-13)12(3)18-16-15(19(20)21)9-11(2)10-17-16/h5-10,12H,4H2,1-3H3,(H,17,18). The molecule has 0 fully saturated rings. The summed E-state index contributed by atoms with van der Waals surface area (Å²) < 4.78 is 0. The van der Waals surface area contributed by atoms with E-state index >= 15 is 0 Å². The van der Waals surface area contributed by atoms with Crippen LogP contribution in [0.2, 0.25) is 0 Å². The van der Waals surface area contributed by atoms with Gasteiger partial charge in [-0.2, -0.15) is 0 Å². The van der Waals surface area contributed by atoms with Crippen molar-refractivity contribution in [1.29, 1.82) is 0 Å². The molecule has 21 heavy (non-hydrogen) atoms. The van der Waals surface area contributed by atoms with E-state index in [1.165, 1.54) is 11.6 Å². The van der Waals surface area contributed by atoms with Crippen molar-refractivity contribution in [3.8, 4) is 0 Å². The molecule has 110 valence electrons. The Kier molecular flexibility index (Phi) is 4.52. The van der Waals surface area contributed by atoms with Crippen molar-refractivity contribution in [2.45, 2.75) is 33.2 Å². The van der Waals surface area contributed by atoms with E-state index in [0.717, 1.165) is 17.5 Å². The molecule has 2 rings (SSSR count). The monoisotopic (exact) mass is 285 g/mol. The van der Waals surface area contributed by atoms with E-state index in [9.17, 15) is 10.1 Å². The molecule has 0 spiro atoms. The number of hydrogen-bond acceptors (Lipinski definition) is 4. The summed E-state index contributed by atoms with van der Waals surface area (Å²) in [5.74, 6) is 0.303. The third kappa shape index (κ3) is 3.56. The molecule has 5 heteroatoms. The summed E-state index contributed by atoms with van der Waals surface area (Å²) in [5, 5.41) is 14.2. The summed E-state index contributed by atoms with van der Waals surface area (Å²) >= 11 is 0. The van der Waals surface area contributed by atoms with Crippen molar-refractivity contribution in [2.75, 3.05) is 5.32 Å². The Balaban J connectivity index is 2.22. The Morgan fingerprint density at radius 1 is 1.33 bits per heavy atom. The van der Waals surface area contributed by atoms with E-state index in [2.05, 4.69) is 29.4 Å². The summed E-state index contributed by atoms with van der Waals surface area (Å²) in [6.45, 7) is 5.86. The van der Waals surface area contributed by atoms with Crippen LogP contribution in [0.3, 0.4) is 0 Å². The van der Waals surface area contributed by atoms with Crippen LogP contribution >= 0.6 is 0 Å². The second-order valence-corrected chi connectivity index (χ2v) is 5.10. The van der Waals surface area contributed by atoms with Gasteiger partial charge in [-0.15, -0.1) is 0 Å². The van der Waals surface area contributed by atoms with Gasteiger partial charge >= 0.3 is 5.69 Å². The molecule has 1 atom stereocenters. The van der Waals surface area contributed by atoms with Crippen LogP contribution in [0.25, 0.3) is 0 Å². The first-order valence-corrected chi connectivity index (χ1v) is 6.97. The van der Waals surface area contributed by atoms with E-state index in [4.69, 9.17) is 0 Å². The zero-order chi connectivity index (χ0) is 15.4. The van der Waals surface area contributed by atoms with Crippen LogP contribution in [0.4, 0.5) is 11.5 Å². The van der Waals surface area contributed by atoms with Gasteiger partial charge in [-0.25, -0.2) is 4.98 Å². The van der Waals surface area contributed by atoms with Gasteiger partial charge in [0, 0.05) is 12.3 Å². The van der Waals surface area contributed by atoms with Gasteiger partial charge in [0.25, 0.3) is 0 Å². The van der Waals surface area contributed by atoms with Gasteiger partial charge in [-0.3, -0.25) is 10.1 Å². The normalized spacial score (nSPS) is 12.0. The molecule has 1 aromatic heterocycles. The fourth-order valence-electron chi connectivity index (χ4n) is 2.13. The molecular formula is C16H19N3O2. The van der Waals surface area contributed by atoms with Gasteiger partial charge in [0.2, 0.25) is 5.82 Å². The minimum absolute atomic E-state index is 0.00651. The summed E-state index contributed by atoms with van der Waals surface area (Å²) in [7, 11) is 0. The molecule has 0 saturated carbocycles. The molecule has 0 saturated heterocycles. The minimum atomic E-state index is -0.408. The first-order valence-electron chi connectivity index (χ1n) is 6.97. The highest BCUT2D eigenvalue weighted by Crippen LogP contribution is 2.26. The molecule has 1 aromatic carbocycles. The summed E-state index contributed by atoms with van der Waals surface area (Å²) in [4.78, 5) is 14.8. The Bertz CT molecular complexity index is 638. The molecule has 0 amide bonds. The van der Waals surface area contributed by atoms with Crippen LogP contribution in [0.15, 0.2) is 36.5 Å². The molecule has 1 unspecified atom stereocenters. The van der Waals surface area contributed by atoms with Crippen LogP contribution in [-0.4, -0.2) is 9.91 Å². The number of rotatable bonds is 5. The van der Waals surface area contributed by atoms with E-state index in [1.807, 2.05) is 19.1 Å². The molecule has 0 radical (unpaired) electrons. The zero-order valence-corrected chi connectivity index (χ0v) is 12.5. The number of aromatic nitrogens is 1. The minimum Gasteiger partial charge on any atom is -0.358 e. The van der Waals surface area contributed by atoms with Gasteiger partial charge in [-0.05, 0) is 37.0 Å². The maximum absolute atomic E-state index is 11.1. The number of pyridine rings is 1. The topological polar surface area (TPSA) is 68.1 Å². The third-order valence-electron chi connectivity index (χ3n) is 3.44. The van der Waals surface area contributed by atoms with E-state index in [0.29, 0.717) is 5.82 Å². The second-order valence-electron chi connectivity index (χ2n) is 5.10. The highest BCUT2D eigenvalue weighted by Gasteiger charge is 2.17. The fraction of sp³-hybridized carbons (Fsp3) is 0.312. The molecule has 1 heterocycles. The van der Waals surface area contributed by atoms with Gasteiger partial charge < -0.3 is 5.32 Å². The first kappa shape index (κ1) is 15.0. The van der Waals surface area contributed by atoms with Crippen LogP contribution < -0.4 is 5.32 Å². The first-order chi connectivity index (χ1) is 10.0. The molecule has 1 N–H and O–H groups in total. The maximum atomic E-state index is 11.1. The lowest BCUT2D eigenvalue weighted by Gasteiger charge is -2.15. The van der Waals surface area contributed by atoms with Crippen LogP contribution in [0.1, 0.15) is 36.6 Å². The fourth-order valence-corrected chi connectivity index (χ4v) is 2.13. The molecule has 0 aliphatic heterocycles. The number of hydrogen-bond donors (Lipinski definition) is 1. The van der Waals surface area contributed by atoms with Crippen molar-refractivity contribution in [3.63, 3.8) is 0 Å². The summed E-state index contributed by atoms with van der Waals surface area (Å²) in [6, 6.07) is 9.70.